The lowest BCUT2D eigenvalue weighted by Gasteiger charge is -2.35. The molecule has 13 nitrogen and oxygen atoms in total. The molecule has 1 aromatic carbocycles. The number of rotatable bonds is 10. The Bertz CT molecular complexity index is 1240. The lowest BCUT2D eigenvalue weighted by atomic mass is 9.93. The molecule has 4 N–H and O–H groups in total. The average molecular weight is 583 g/mol. The molecule has 0 spiro atoms. The van der Waals surface area contributed by atoms with Crippen LogP contribution in [-0.4, -0.2) is 105 Å². The number of benzene rings is 1. The van der Waals surface area contributed by atoms with E-state index in [0.29, 0.717) is 30.0 Å². The maximum Gasteiger partial charge on any atom is 0.409 e. The van der Waals surface area contributed by atoms with Crippen molar-refractivity contribution in [2.75, 3.05) is 38.1 Å². The number of aliphatic carboxylic acids is 1. The summed E-state index contributed by atoms with van der Waals surface area (Å²) >= 11 is 0. The van der Waals surface area contributed by atoms with E-state index in [4.69, 9.17) is 4.74 Å². The van der Waals surface area contributed by atoms with Gasteiger partial charge in [0, 0.05) is 50.3 Å². The number of aliphatic hydroxyl groups excluding tert-OH is 1. The van der Waals surface area contributed by atoms with E-state index in [1.807, 2.05) is 30.3 Å². The van der Waals surface area contributed by atoms with Gasteiger partial charge in [0.15, 0.2) is 5.82 Å². The number of aliphatic hydroxyl groups is 1. The van der Waals surface area contributed by atoms with E-state index in [1.165, 1.54) is 15.9 Å². The highest BCUT2D eigenvalue weighted by Crippen LogP contribution is 2.24. The molecule has 13 heteroatoms. The number of hydrogen-bond acceptors (Lipinski definition) is 9. The molecule has 1 atom stereocenters. The number of hydrogen-bond donors (Lipinski definition) is 4. The van der Waals surface area contributed by atoms with E-state index in [2.05, 4.69) is 20.6 Å². The average Bonchev–Trinajstić information content (AvgIpc) is 3.00. The van der Waals surface area contributed by atoms with E-state index in [-0.39, 0.29) is 63.5 Å². The maximum absolute atomic E-state index is 13.5. The first-order chi connectivity index (χ1) is 20.2. The van der Waals surface area contributed by atoms with Crippen molar-refractivity contribution in [2.24, 2.45) is 0 Å². The van der Waals surface area contributed by atoms with Crippen molar-refractivity contribution < 1.29 is 34.1 Å². The van der Waals surface area contributed by atoms with Gasteiger partial charge in [0.05, 0.1) is 12.7 Å². The first-order valence-electron chi connectivity index (χ1n) is 14.4. The van der Waals surface area contributed by atoms with Crippen LogP contribution >= 0.6 is 0 Å². The smallest absolute Gasteiger partial charge is 0.409 e. The van der Waals surface area contributed by atoms with E-state index < -0.39 is 29.9 Å². The quantitative estimate of drug-likeness (QED) is 0.325. The Hall–Kier alpha value is -4.26. The molecule has 2 heterocycles. The summed E-state index contributed by atoms with van der Waals surface area (Å²) in [5.74, 6) is -1.38. The lowest BCUT2D eigenvalue weighted by Crippen LogP contribution is -2.56. The summed E-state index contributed by atoms with van der Waals surface area (Å²) in [6, 6.07) is 9.67. The van der Waals surface area contributed by atoms with Crippen molar-refractivity contribution in [1.82, 2.24) is 25.1 Å². The number of anilines is 1. The van der Waals surface area contributed by atoms with Gasteiger partial charge in [-0.15, -0.1) is 0 Å². The summed E-state index contributed by atoms with van der Waals surface area (Å²) in [6.07, 6.45) is 1.65. The SMILES string of the molecule is CCOC(=O)N1CCN(C(=O)C(CCC(=O)O)NC(=O)c2cc(NC3CCC(O)CC3)nc(-c3ccccc3)n2)CC1. The second kappa shape index (κ2) is 14.6. The van der Waals surface area contributed by atoms with Gasteiger partial charge in [0.1, 0.15) is 17.6 Å². The lowest BCUT2D eigenvalue weighted by molar-refractivity contribution is -0.138. The number of piperazine rings is 1. The van der Waals surface area contributed by atoms with Crippen LogP contribution in [0.4, 0.5) is 10.6 Å². The van der Waals surface area contributed by atoms with Crippen molar-refractivity contribution >= 4 is 29.7 Å². The molecule has 2 aliphatic rings. The van der Waals surface area contributed by atoms with Gasteiger partial charge in [0.2, 0.25) is 5.91 Å². The molecule has 1 unspecified atom stereocenters. The van der Waals surface area contributed by atoms with Crippen molar-refractivity contribution in [3.63, 3.8) is 0 Å². The number of amides is 3. The molecule has 1 saturated carbocycles. The monoisotopic (exact) mass is 582 g/mol. The Kier molecular flexibility index (Phi) is 10.7. The van der Waals surface area contributed by atoms with Crippen LogP contribution in [0.15, 0.2) is 36.4 Å². The second-order valence-electron chi connectivity index (χ2n) is 10.4. The van der Waals surface area contributed by atoms with Gasteiger partial charge >= 0.3 is 12.1 Å². The Morgan fingerprint density at radius 3 is 2.31 bits per heavy atom. The number of carbonyl (C=O) groups excluding carboxylic acids is 3. The summed E-state index contributed by atoms with van der Waals surface area (Å²) in [5.41, 5.74) is 0.731. The van der Waals surface area contributed by atoms with Crippen LogP contribution in [0, 0.1) is 0 Å². The van der Waals surface area contributed by atoms with Gasteiger partial charge in [-0.3, -0.25) is 14.4 Å². The Morgan fingerprint density at radius 1 is 1.00 bits per heavy atom. The number of nitrogens with one attached hydrogen (secondary N) is 2. The van der Waals surface area contributed by atoms with Crippen LogP contribution in [0.3, 0.4) is 0 Å². The highest BCUT2D eigenvalue weighted by atomic mass is 16.6. The second-order valence-corrected chi connectivity index (χ2v) is 10.4. The van der Waals surface area contributed by atoms with Crippen LogP contribution < -0.4 is 10.6 Å². The third-order valence-corrected chi connectivity index (χ3v) is 7.41. The molecular formula is C29H38N6O7. The van der Waals surface area contributed by atoms with Crippen molar-refractivity contribution in [1.29, 1.82) is 0 Å². The predicted octanol–water partition coefficient (Wildman–Crippen LogP) is 2.12. The topological polar surface area (TPSA) is 174 Å². The molecule has 42 heavy (non-hydrogen) atoms. The van der Waals surface area contributed by atoms with Crippen LogP contribution in [-0.2, 0) is 14.3 Å². The standard InChI is InChI=1S/C29H38N6O7/c1-2-42-29(41)35-16-14-34(15-17-35)28(40)22(12-13-25(37)38)32-27(39)23-18-24(30-20-8-10-21(36)11-9-20)33-26(31-23)19-6-4-3-5-7-19/h3-7,18,20-22,36H,2,8-17H2,1H3,(H,32,39)(H,37,38)(H,30,31,33). The number of carboxylic acids is 1. The highest BCUT2D eigenvalue weighted by molar-refractivity contribution is 5.97. The van der Waals surface area contributed by atoms with E-state index in [0.717, 1.165) is 12.8 Å². The van der Waals surface area contributed by atoms with Crippen molar-refractivity contribution in [2.45, 2.75) is 63.6 Å². The Balaban J connectivity index is 1.52. The molecule has 226 valence electrons. The summed E-state index contributed by atoms with van der Waals surface area (Å²) < 4.78 is 5.03. The van der Waals surface area contributed by atoms with E-state index in [1.54, 1.807) is 6.92 Å². The van der Waals surface area contributed by atoms with E-state index in [9.17, 15) is 29.4 Å². The van der Waals surface area contributed by atoms with Crippen LogP contribution in [0.2, 0.25) is 0 Å². The minimum atomic E-state index is -1.10. The number of nitrogens with zero attached hydrogens (tertiary/aromatic N) is 4. The molecule has 0 bridgehead atoms. The largest absolute Gasteiger partial charge is 0.481 e. The molecule has 0 radical (unpaired) electrons. The van der Waals surface area contributed by atoms with Crippen molar-refractivity contribution in [3.8, 4) is 11.4 Å². The fourth-order valence-corrected chi connectivity index (χ4v) is 5.09. The number of ether oxygens (including phenoxy) is 1. The van der Waals surface area contributed by atoms with Crippen LogP contribution in [0.5, 0.6) is 0 Å². The number of carbonyl (C=O) groups is 4. The van der Waals surface area contributed by atoms with Gasteiger partial charge in [0.25, 0.3) is 5.91 Å². The van der Waals surface area contributed by atoms with Gasteiger partial charge in [-0.1, -0.05) is 30.3 Å². The van der Waals surface area contributed by atoms with E-state index >= 15 is 0 Å². The molecule has 2 aromatic rings. The van der Waals surface area contributed by atoms with Gasteiger partial charge in [-0.05, 0) is 39.0 Å². The number of aromatic nitrogens is 2. The molecule has 3 amide bonds. The Morgan fingerprint density at radius 2 is 1.67 bits per heavy atom. The zero-order chi connectivity index (χ0) is 30.1. The first-order valence-corrected chi connectivity index (χ1v) is 14.4. The number of carboxylic acid groups (broad SMARTS) is 1. The van der Waals surface area contributed by atoms with Crippen LogP contribution in [0.1, 0.15) is 55.9 Å². The minimum absolute atomic E-state index is 0.0300. The molecule has 1 aliphatic heterocycles. The third-order valence-electron chi connectivity index (χ3n) is 7.41. The molecule has 2 fully saturated rings. The molecule has 4 rings (SSSR count). The highest BCUT2D eigenvalue weighted by Gasteiger charge is 2.31. The zero-order valence-electron chi connectivity index (χ0n) is 23.7. The third kappa shape index (κ3) is 8.38. The Labute approximate surface area is 244 Å². The molecule has 1 saturated heterocycles. The zero-order valence-corrected chi connectivity index (χ0v) is 23.7. The maximum atomic E-state index is 13.5. The van der Waals surface area contributed by atoms with Gasteiger partial charge in [-0.25, -0.2) is 14.8 Å². The summed E-state index contributed by atoms with van der Waals surface area (Å²) in [6.45, 7) is 2.96. The summed E-state index contributed by atoms with van der Waals surface area (Å²) in [7, 11) is 0. The molecular weight excluding hydrogens is 544 g/mol. The summed E-state index contributed by atoms with van der Waals surface area (Å²) in [4.78, 5) is 62.5. The van der Waals surface area contributed by atoms with Crippen molar-refractivity contribution in [3.05, 3.63) is 42.1 Å². The first kappa shape index (κ1) is 30.7. The summed E-state index contributed by atoms with van der Waals surface area (Å²) in [5, 5.41) is 25.2. The van der Waals surface area contributed by atoms with Gasteiger partial charge in [-0.2, -0.15) is 0 Å². The normalized spacial score (nSPS) is 19.5. The fraction of sp³-hybridized carbons (Fsp3) is 0.517. The molecule has 1 aliphatic carbocycles. The minimum Gasteiger partial charge on any atom is -0.481 e. The molecule has 1 aromatic heterocycles. The van der Waals surface area contributed by atoms with Crippen LogP contribution in [0.25, 0.3) is 11.4 Å². The fourth-order valence-electron chi connectivity index (χ4n) is 5.09. The predicted molar refractivity (Wildman–Crippen MR) is 153 cm³/mol. The van der Waals surface area contributed by atoms with Gasteiger partial charge < -0.3 is 35.4 Å².